The lowest BCUT2D eigenvalue weighted by Crippen LogP contribution is -2.36. The number of aromatic nitrogens is 1. The Morgan fingerprint density at radius 2 is 2.35 bits per heavy atom. The molecule has 1 amide bonds. The Bertz CT molecular complexity index is 578. The average molecular weight is 334 g/mol. The third kappa shape index (κ3) is 4.87. The van der Waals surface area contributed by atoms with E-state index in [9.17, 15) is 4.79 Å². The fourth-order valence-corrected chi connectivity index (χ4v) is 3.53. The van der Waals surface area contributed by atoms with Gasteiger partial charge in [0, 0.05) is 24.7 Å². The molecule has 1 aliphatic carbocycles. The minimum Gasteiger partial charge on any atom is -0.378 e. The summed E-state index contributed by atoms with van der Waals surface area (Å²) >= 11 is 1.58. The summed E-state index contributed by atoms with van der Waals surface area (Å²) in [6.07, 6.45) is 9.68. The van der Waals surface area contributed by atoms with E-state index in [-0.39, 0.29) is 12.3 Å². The number of hydrogen-bond donors (Lipinski definition) is 1. The fourth-order valence-electron chi connectivity index (χ4n) is 2.65. The maximum Gasteiger partial charge on any atom is 0.246 e. The van der Waals surface area contributed by atoms with Crippen LogP contribution in [0.3, 0.4) is 0 Å². The molecule has 6 nitrogen and oxygen atoms in total. The number of hydrogen-bond acceptors (Lipinski definition) is 6. The van der Waals surface area contributed by atoms with Crippen LogP contribution in [0.25, 0.3) is 0 Å². The molecule has 1 atom stereocenters. The van der Waals surface area contributed by atoms with Crippen molar-refractivity contribution in [3.05, 3.63) is 23.2 Å². The van der Waals surface area contributed by atoms with Gasteiger partial charge in [-0.15, -0.1) is 11.3 Å². The number of nitrogens with one attached hydrogen (secondary N) is 1. The van der Waals surface area contributed by atoms with Crippen LogP contribution < -0.4 is 10.3 Å². The normalized spacial score (nSPS) is 21.7. The number of nitrogens with zero attached hydrogens (tertiary/aromatic N) is 3. The minimum absolute atomic E-state index is 0.119. The van der Waals surface area contributed by atoms with Gasteiger partial charge in [-0.05, 0) is 25.2 Å². The van der Waals surface area contributed by atoms with Crippen molar-refractivity contribution in [2.24, 2.45) is 11.0 Å². The highest BCUT2D eigenvalue weighted by Crippen LogP contribution is 2.21. The van der Waals surface area contributed by atoms with Crippen LogP contribution in [0.5, 0.6) is 0 Å². The second kappa shape index (κ2) is 8.21. The second-order valence-electron chi connectivity index (χ2n) is 5.76. The standard InChI is InChI=1S/C16H22N4O2S/c21-15(19-17-11-13-4-2-1-3-5-13)10-14-12-23-16(18-14)20-6-8-22-9-7-20/h1-2,11-13H,3-10H2,(H,19,21)/b17-11-/t13-/m1/s1. The Morgan fingerprint density at radius 1 is 1.48 bits per heavy atom. The predicted molar refractivity (Wildman–Crippen MR) is 92.0 cm³/mol. The molecule has 2 aliphatic rings. The Balaban J connectivity index is 1.45. The van der Waals surface area contributed by atoms with Crippen LogP contribution >= 0.6 is 11.3 Å². The van der Waals surface area contributed by atoms with Gasteiger partial charge in [-0.1, -0.05) is 12.2 Å². The number of hydrazone groups is 1. The van der Waals surface area contributed by atoms with Crippen LogP contribution in [-0.4, -0.2) is 43.4 Å². The fraction of sp³-hybridized carbons (Fsp3) is 0.562. The molecule has 0 bridgehead atoms. The zero-order valence-electron chi connectivity index (χ0n) is 13.1. The largest absolute Gasteiger partial charge is 0.378 e. The van der Waals surface area contributed by atoms with Crippen molar-refractivity contribution in [2.45, 2.75) is 25.7 Å². The van der Waals surface area contributed by atoms with Gasteiger partial charge in [0.1, 0.15) is 0 Å². The van der Waals surface area contributed by atoms with Crippen molar-refractivity contribution in [2.75, 3.05) is 31.2 Å². The van der Waals surface area contributed by atoms with Crippen LogP contribution in [0.1, 0.15) is 25.0 Å². The van der Waals surface area contributed by atoms with Gasteiger partial charge in [-0.3, -0.25) is 4.79 Å². The van der Waals surface area contributed by atoms with Crippen molar-refractivity contribution in [1.82, 2.24) is 10.4 Å². The van der Waals surface area contributed by atoms with E-state index in [4.69, 9.17) is 4.74 Å². The van der Waals surface area contributed by atoms with Crippen molar-refractivity contribution < 1.29 is 9.53 Å². The number of amides is 1. The summed E-state index contributed by atoms with van der Waals surface area (Å²) in [4.78, 5) is 18.7. The Morgan fingerprint density at radius 3 is 3.13 bits per heavy atom. The SMILES string of the molecule is O=C(Cc1csc(N2CCOCC2)n1)N/N=C\[C@@H]1CC=CCC1. The van der Waals surface area contributed by atoms with Crippen LogP contribution in [0.15, 0.2) is 22.6 Å². The summed E-state index contributed by atoms with van der Waals surface area (Å²) in [7, 11) is 0. The summed E-state index contributed by atoms with van der Waals surface area (Å²) in [6.45, 7) is 3.19. The van der Waals surface area contributed by atoms with E-state index in [1.165, 1.54) is 0 Å². The lowest BCUT2D eigenvalue weighted by atomic mass is 9.96. The molecular formula is C16H22N4O2S. The molecule has 124 valence electrons. The van der Waals surface area contributed by atoms with Crippen LogP contribution in [0.4, 0.5) is 5.13 Å². The Labute approximate surface area is 140 Å². The maximum absolute atomic E-state index is 11.9. The number of allylic oxidation sites excluding steroid dienone is 2. The number of anilines is 1. The van der Waals surface area contributed by atoms with E-state index in [0.717, 1.165) is 56.4 Å². The van der Waals surface area contributed by atoms with Crippen LogP contribution in [-0.2, 0) is 16.0 Å². The molecule has 1 aliphatic heterocycles. The monoisotopic (exact) mass is 334 g/mol. The molecule has 1 aromatic heterocycles. The molecule has 3 rings (SSSR count). The summed E-state index contributed by atoms with van der Waals surface area (Å²) in [5.74, 6) is 0.318. The molecule has 23 heavy (non-hydrogen) atoms. The highest BCUT2D eigenvalue weighted by Gasteiger charge is 2.15. The maximum atomic E-state index is 11.9. The minimum atomic E-state index is -0.119. The lowest BCUT2D eigenvalue weighted by molar-refractivity contribution is -0.120. The molecule has 0 saturated carbocycles. The molecule has 1 N–H and O–H groups in total. The van der Waals surface area contributed by atoms with E-state index in [1.54, 1.807) is 11.3 Å². The lowest BCUT2D eigenvalue weighted by Gasteiger charge is -2.26. The highest BCUT2D eigenvalue weighted by molar-refractivity contribution is 7.13. The third-order valence-electron chi connectivity index (χ3n) is 3.95. The van der Waals surface area contributed by atoms with Gasteiger partial charge in [-0.2, -0.15) is 5.10 Å². The zero-order valence-corrected chi connectivity index (χ0v) is 13.9. The third-order valence-corrected chi connectivity index (χ3v) is 4.90. The topological polar surface area (TPSA) is 66.8 Å². The van der Waals surface area contributed by atoms with Crippen molar-refractivity contribution in [3.63, 3.8) is 0 Å². The van der Waals surface area contributed by atoms with E-state index < -0.39 is 0 Å². The molecule has 2 heterocycles. The van der Waals surface area contributed by atoms with Gasteiger partial charge < -0.3 is 9.64 Å². The second-order valence-corrected chi connectivity index (χ2v) is 6.59. The van der Waals surface area contributed by atoms with Gasteiger partial charge >= 0.3 is 0 Å². The Kier molecular flexibility index (Phi) is 5.76. The molecule has 0 radical (unpaired) electrons. The molecule has 1 saturated heterocycles. The zero-order chi connectivity index (χ0) is 15.9. The number of thiazole rings is 1. The number of carbonyl (C=O) groups excluding carboxylic acids is 1. The predicted octanol–water partition coefficient (Wildman–Crippen LogP) is 1.98. The average Bonchev–Trinajstić information content (AvgIpc) is 3.05. The van der Waals surface area contributed by atoms with Gasteiger partial charge in [0.15, 0.2) is 5.13 Å². The van der Waals surface area contributed by atoms with E-state index in [1.807, 2.05) is 11.6 Å². The van der Waals surface area contributed by atoms with Gasteiger partial charge in [0.2, 0.25) is 5.91 Å². The Hall–Kier alpha value is -1.73. The number of morpholine rings is 1. The molecule has 1 fully saturated rings. The molecule has 0 spiro atoms. The summed E-state index contributed by atoms with van der Waals surface area (Å²) < 4.78 is 5.34. The smallest absolute Gasteiger partial charge is 0.246 e. The van der Waals surface area contributed by atoms with Crippen molar-refractivity contribution in [3.8, 4) is 0 Å². The summed E-state index contributed by atoms with van der Waals surface area (Å²) in [5.41, 5.74) is 3.40. The van der Waals surface area contributed by atoms with E-state index >= 15 is 0 Å². The number of rotatable bonds is 5. The van der Waals surface area contributed by atoms with Crippen molar-refractivity contribution in [1.29, 1.82) is 0 Å². The molecular weight excluding hydrogens is 312 g/mol. The van der Waals surface area contributed by atoms with Crippen LogP contribution in [0.2, 0.25) is 0 Å². The number of carbonyl (C=O) groups is 1. The molecule has 0 unspecified atom stereocenters. The van der Waals surface area contributed by atoms with E-state index in [2.05, 4.69) is 32.6 Å². The molecule has 7 heteroatoms. The molecule has 0 aromatic carbocycles. The van der Waals surface area contributed by atoms with E-state index in [0.29, 0.717) is 5.92 Å². The summed E-state index contributed by atoms with van der Waals surface area (Å²) in [6, 6.07) is 0. The van der Waals surface area contributed by atoms with Gasteiger partial charge in [0.05, 0.1) is 25.3 Å². The quantitative estimate of drug-likeness (QED) is 0.508. The first-order chi connectivity index (χ1) is 11.3. The van der Waals surface area contributed by atoms with Crippen molar-refractivity contribution >= 4 is 28.6 Å². The molecule has 1 aromatic rings. The highest BCUT2D eigenvalue weighted by atomic mass is 32.1. The van der Waals surface area contributed by atoms with Gasteiger partial charge in [0.25, 0.3) is 0 Å². The summed E-state index contributed by atoms with van der Waals surface area (Å²) in [5, 5.41) is 6.99. The first-order valence-corrected chi connectivity index (χ1v) is 8.93. The first kappa shape index (κ1) is 16.1. The number of ether oxygens (including phenoxy) is 1. The first-order valence-electron chi connectivity index (χ1n) is 8.05. The van der Waals surface area contributed by atoms with Gasteiger partial charge in [-0.25, -0.2) is 10.4 Å². The van der Waals surface area contributed by atoms with Crippen LogP contribution in [0, 0.1) is 5.92 Å².